The molecule has 8 heteroatoms. The third kappa shape index (κ3) is 5.28. The second kappa shape index (κ2) is 9.28. The van der Waals surface area contributed by atoms with Crippen molar-refractivity contribution in [2.24, 2.45) is 0 Å². The summed E-state index contributed by atoms with van der Waals surface area (Å²) >= 11 is 0. The molecule has 0 radical (unpaired) electrons. The number of ether oxygens (including phenoxy) is 1. The topological polar surface area (TPSA) is 76.7 Å². The number of hydrogen-bond donors (Lipinski definition) is 1. The summed E-state index contributed by atoms with van der Waals surface area (Å²) in [4.78, 5) is 23.2. The Balaban J connectivity index is 1.53. The monoisotopic (exact) mass is 481 g/mol. The maximum absolute atomic E-state index is 13.1. The average Bonchev–Trinajstić information content (AvgIpc) is 3.34. The van der Waals surface area contributed by atoms with Crippen molar-refractivity contribution in [3.8, 4) is 11.3 Å². The first kappa shape index (κ1) is 25.8. The summed E-state index contributed by atoms with van der Waals surface area (Å²) in [6.07, 6.45) is 5.38. The lowest BCUT2D eigenvalue weighted by Crippen LogP contribution is -2.47. The molecule has 1 N–H and O–H groups in total. The van der Waals surface area contributed by atoms with E-state index in [1.54, 1.807) is 0 Å². The van der Waals surface area contributed by atoms with Crippen LogP contribution in [-0.4, -0.2) is 50.9 Å². The summed E-state index contributed by atoms with van der Waals surface area (Å²) in [7, 11) is -0.387. The molecule has 190 valence electrons. The average molecular weight is 481 g/mol. The van der Waals surface area contributed by atoms with Crippen molar-refractivity contribution in [3.63, 3.8) is 0 Å². The summed E-state index contributed by atoms with van der Waals surface area (Å²) in [6, 6.07) is 8.22. The Bertz CT molecular complexity index is 1030. The molecule has 2 aromatic rings. The second-order valence-corrected chi connectivity index (χ2v) is 11.8. The number of amides is 1. The summed E-state index contributed by atoms with van der Waals surface area (Å²) in [5.41, 5.74) is 1.65. The Kier molecular flexibility index (Phi) is 6.84. The molecule has 2 fully saturated rings. The minimum Gasteiger partial charge on any atom is -0.444 e. The lowest BCUT2D eigenvalue weighted by molar-refractivity contribution is -0.00787. The van der Waals surface area contributed by atoms with Crippen LogP contribution in [0, 0.1) is 0 Å². The number of imidazole rings is 1. The molecule has 0 aliphatic carbocycles. The molecule has 2 saturated heterocycles. The second-order valence-electron chi connectivity index (χ2n) is 11.8. The molecule has 2 atom stereocenters. The number of carbonyl (C=O) groups excluding carboxylic acids is 1. The normalized spacial score (nSPS) is 24.0. The largest absolute Gasteiger partial charge is 0.494 e. The van der Waals surface area contributed by atoms with Gasteiger partial charge in [0.2, 0.25) is 0 Å². The van der Waals surface area contributed by atoms with Gasteiger partial charge in [0.25, 0.3) is 0 Å². The zero-order valence-electron chi connectivity index (χ0n) is 22.5. The maximum Gasteiger partial charge on any atom is 0.494 e. The van der Waals surface area contributed by atoms with Crippen LogP contribution in [0.3, 0.4) is 0 Å². The molecule has 2 aliphatic heterocycles. The summed E-state index contributed by atoms with van der Waals surface area (Å²) in [6.45, 7) is 16.1. The highest BCUT2D eigenvalue weighted by Crippen LogP contribution is 2.38. The molecule has 3 heterocycles. The Morgan fingerprint density at radius 3 is 2.34 bits per heavy atom. The molecule has 1 amide bonds. The number of hydrogen-bond acceptors (Lipinski definition) is 5. The van der Waals surface area contributed by atoms with Gasteiger partial charge in [-0.05, 0) is 85.2 Å². The number of H-pyrrole nitrogens is 1. The van der Waals surface area contributed by atoms with E-state index in [1.165, 1.54) is 0 Å². The molecular formula is C27H40BN3O4. The Morgan fingerprint density at radius 2 is 1.77 bits per heavy atom. The van der Waals surface area contributed by atoms with Crippen molar-refractivity contribution in [1.29, 1.82) is 0 Å². The molecule has 4 rings (SSSR count). The van der Waals surface area contributed by atoms with Gasteiger partial charge in [0.05, 0.1) is 29.1 Å². The van der Waals surface area contributed by atoms with Crippen molar-refractivity contribution >= 4 is 18.7 Å². The third-order valence-electron chi connectivity index (χ3n) is 7.48. The highest BCUT2D eigenvalue weighted by molar-refractivity contribution is 6.62. The van der Waals surface area contributed by atoms with Crippen molar-refractivity contribution < 1.29 is 18.8 Å². The Morgan fingerprint density at radius 1 is 1.14 bits per heavy atom. The van der Waals surface area contributed by atoms with E-state index in [-0.39, 0.29) is 36.5 Å². The molecule has 35 heavy (non-hydrogen) atoms. The SMILES string of the molecule is CC[C@H]1CCCC(c2ncc(-c3ccc(B4OC(C)(C)C(C)(C)O4)cc3)[nH]2)N1C(=O)OC(C)(C)C. The quantitative estimate of drug-likeness (QED) is 0.574. The number of carbonyl (C=O) groups is 1. The van der Waals surface area contributed by atoms with Crippen LogP contribution >= 0.6 is 0 Å². The van der Waals surface area contributed by atoms with Gasteiger partial charge in [0.15, 0.2) is 0 Å². The highest BCUT2D eigenvalue weighted by atomic mass is 16.7. The summed E-state index contributed by atoms with van der Waals surface area (Å²) in [5.74, 6) is 0.805. The molecule has 2 aliphatic rings. The summed E-state index contributed by atoms with van der Waals surface area (Å²) < 4.78 is 18.1. The van der Waals surface area contributed by atoms with E-state index in [4.69, 9.17) is 19.0 Å². The number of likely N-dealkylation sites (tertiary alicyclic amines) is 1. The number of aromatic nitrogens is 2. The van der Waals surface area contributed by atoms with Crippen LogP contribution in [0.4, 0.5) is 4.79 Å². The van der Waals surface area contributed by atoms with E-state index in [2.05, 4.69) is 51.7 Å². The van der Waals surface area contributed by atoms with Gasteiger partial charge in [-0.15, -0.1) is 0 Å². The Hall–Kier alpha value is -2.32. The lowest BCUT2D eigenvalue weighted by Gasteiger charge is -2.41. The zero-order chi connectivity index (χ0) is 25.6. The van der Waals surface area contributed by atoms with Gasteiger partial charge in [-0.25, -0.2) is 9.78 Å². The van der Waals surface area contributed by atoms with Gasteiger partial charge in [0.1, 0.15) is 11.4 Å². The first-order valence-electron chi connectivity index (χ1n) is 12.8. The van der Waals surface area contributed by atoms with Crippen LogP contribution in [0.25, 0.3) is 11.3 Å². The maximum atomic E-state index is 13.1. The van der Waals surface area contributed by atoms with E-state index < -0.39 is 5.60 Å². The van der Waals surface area contributed by atoms with Crippen molar-refractivity contribution in [3.05, 3.63) is 36.3 Å². The molecule has 0 bridgehead atoms. The first-order valence-corrected chi connectivity index (χ1v) is 12.8. The molecule has 0 spiro atoms. The molecular weight excluding hydrogens is 441 g/mol. The number of benzene rings is 1. The molecule has 1 aromatic carbocycles. The standard InChI is InChI=1S/C27H40BN3O4/c1-9-20-11-10-12-22(31(20)24(32)33-25(2,3)4)23-29-17-21(30-23)18-13-15-19(16-14-18)28-34-26(5,6)27(7,8)35-28/h13-17,20,22H,9-12H2,1-8H3,(H,29,30)/t20-,22?/m0/s1. The number of rotatable bonds is 4. The third-order valence-corrected chi connectivity index (χ3v) is 7.48. The van der Waals surface area contributed by atoms with Crippen LogP contribution in [0.5, 0.6) is 0 Å². The van der Waals surface area contributed by atoms with E-state index in [0.29, 0.717) is 0 Å². The van der Waals surface area contributed by atoms with Gasteiger partial charge in [-0.2, -0.15) is 0 Å². The molecule has 0 saturated carbocycles. The number of piperidine rings is 1. The highest BCUT2D eigenvalue weighted by Gasteiger charge is 2.51. The van der Waals surface area contributed by atoms with Gasteiger partial charge >= 0.3 is 13.2 Å². The van der Waals surface area contributed by atoms with Crippen LogP contribution in [0.2, 0.25) is 0 Å². The van der Waals surface area contributed by atoms with E-state index >= 15 is 0 Å². The number of aromatic amines is 1. The van der Waals surface area contributed by atoms with Gasteiger partial charge in [0, 0.05) is 6.04 Å². The smallest absolute Gasteiger partial charge is 0.444 e. The Labute approximate surface area is 210 Å². The van der Waals surface area contributed by atoms with Gasteiger partial charge < -0.3 is 19.0 Å². The molecule has 1 unspecified atom stereocenters. The zero-order valence-corrected chi connectivity index (χ0v) is 22.5. The first-order chi connectivity index (χ1) is 16.3. The predicted molar refractivity (Wildman–Crippen MR) is 138 cm³/mol. The number of nitrogens with one attached hydrogen (secondary N) is 1. The fraction of sp³-hybridized carbons (Fsp3) is 0.630. The van der Waals surface area contributed by atoms with E-state index in [9.17, 15) is 4.79 Å². The van der Waals surface area contributed by atoms with Crippen molar-refractivity contribution in [2.75, 3.05) is 0 Å². The van der Waals surface area contributed by atoms with Crippen LogP contribution in [0.1, 0.15) is 92.9 Å². The number of nitrogens with zero attached hydrogens (tertiary/aromatic N) is 2. The molecule has 7 nitrogen and oxygen atoms in total. The predicted octanol–water partition coefficient (Wildman–Crippen LogP) is 5.62. The fourth-order valence-corrected chi connectivity index (χ4v) is 4.79. The van der Waals surface area contributed by atoms with E-state index in [0.717, 1.165) is 48.2 Å². The van der Waals surface area contributed by atoms with Crippen molar-refractivity contribution in [1.82, 2.24) is 14.9 Å². The minimum atomic E-state index is -0.537. The van der Waals surface area contributed by atoms with Crippen LogP contribution in [0.15, 0.2) is 30.5 Å². The lowest BCUT2D eigenvalue weighted by atomic mass is 9.79. The summed E-state index contributed by atoms with van der Waals surface area (Å²) in [5, 5.41) is 0. The van der Waals surface area contributed by atoms with E-state index in [1.807, 2.05) is 44.0 Å². The fourth-order valence-electron chi connectivity index (χ4n) is 4.79. The molecule has 1 aromatic heterocycles. The van der Waals surface area contributed by atoms with Crippen molar-refractivity contribution in [2.45, 2.75) is 110 Å². The van der Waals surface area contributed by atoms with Gasteiger partial charge in [-0.1, -0.05) is 31.2 Å². The minimum absolute atomic E-state index is 0.124. The van der Waals surface area contributed by atoms with Gasteiger partial charge in [-0.3, -0.25) is 4.90 Å². The van der Waals surface area contributed by atoms with Crippen LogP contribution in [-0.2, 0) is 14.0 Å². The van der Waals surface area contributed by atoms with Crippen LogP contribution < -0.4 is 5.46 Å².